The minimum Gasteiger partial charge on any atom is -0.507 e. The van der Waals surface area contributed by atoms with Crippen LogP contribution in [0.4, 0.5) is 0 Å². The van der Waals surface area contributed by atoms with Crippen LogP contribution >= 0.6 is 0 Å². The van der Waals surface area contributed by atoms with Crippen molar-refractivity contribution in [1.82, 2.24) is 0 Å². The quantitative estimate of drug-likeness (QED) is 0.503. The average Bonchev–Trinajstić information content (AvgIpc) is 2.66. The number of phenolic OH excluding ortho intramolecular Hbond substituents is 1. The van der Waals surface area contributed by atoms with Gasteiger partial charge in [-0.3, -0.25) is 9.59 Å². The summed E-state index contributed by atoms with van der Waals surface area (Å²) in [5, 5.41) is 10.2. The monoisotopic (exact) mass is 324 g/mol. The number of ketones is 2. The lowest BCUT2D eigenvalue weighted by Gasteiger charge is -2.19. The van der Waals surface area contributed by atoms with Crippen molar-refractivity contribution in [3.05, 3.63) is 100 Å². The molecule has 0 bridgehead atoms. The number of carbonyl (C=O) groups excluding carboxylic acids is 2. The number of rotatable bonds is 0. The molecular weight excluding hydrogens is 312 g/mol. The minimum atomic E-state index is -0.355. The zero-order valence-corrected chi connectivity index (χ0v) is 13.1. The third-order valence-electron chi connectivity index (χ3n) is 4.17. The molecule has 0 aromatic heterocycles. The molecule has 1 aliphatic rings. The van der Waals surface area contributed by atoms with Gasteiger partial charge in [0.1, 0.15) is 5.75 Å². The molecule has 0 saturated heterocycles. The Morgan fingerprint density at radius 3 is 1.92 bits per heavy atom. The molecule has 0 saturated carbocycles. The van der Waals surface area contributed by atoms with Crippen LogP contribution in [0.25, 0.3) is 0 Å². The zero-order chi connectivity index (χ0) is 17.4. The average molecular weight is 324 g/mol. The molecule has 1 N–H and O–H groups in total. The zero-order valence-electron chi connectivity index (χ0n) is 13.1. The predicted molar refractivity (Wildman–Crippen MR) is 93.8 cm³/mol. The van der Waals surface area contributed by atoms with Crippen molar-refractivity contribution in [2.24, 2.45) is 0 Å². The number of hydrogen-bond acceptors (Lipinski definition) is 3. The second-order valence-corrected chi connectivity index (χ2v) is 5.70. The number of hydrogen-bond donors (Lipinski definition) is 1. The summed E-state index contributed by atoms with van der Waals surface area (Å²) in [5.74, 6) is 5.11. The first-order valence-corrected chi connectivity index (χ1v) is 7.78. The van der Waals surface area contributed by atoms with Gasteiger partial charge in [0.25, 0.3) is 0 Å². The van der Waals surface area contributed by atoms with E-state index in [1.165, 1.54) is 6.07 Å². The molecule has 0 unspecified atom stereocenters. The van der Waals surface area contributed by atoms with E-state index in [0.29, 0.717) is 16.7 Å². The molecule has 0 amide bonds. The van der Waals surface area contributed by atoms with Crippen LogP contribution < -0.4 is 0 Å². The Morgan fingerprint density at radius 1 is 0.640 bits per heavy atom. The molecule has 0 spiro atoms. The largest absolute Gasteiger partial charge is 0.507 e. The summed E-state index contributed by atoms with van der Waals surface area (Å²) >= 11 is 0. The van der Waals surface area contributed by atoms with Crippen LogP contribution in [0.1, 0.15) is 43.0 Å². The van der Waals surface area contributed by atoms with E-state index in [1.54, 1.807) is 30.3 Å². The Labute approximate surface area is 144 Å². The molecule has 3 nitrogen and oxygen atoms in total. The van der Waals surface area contributed by atoms with Crippen molar-refractivity contribution in [3.63, 3.8) is 0 Å². The molecule has 0 heterocycles. The second-order valence-electron chi connectivity index (χ2n) is 5.70. The van der Waals surface area contributed by atoms with Gasteiger partial charge in [-0.2, -0.15) is 0 Å². The highest BCUT2D eigenvalue weighted by atomic mass is 16.3. The van der Waals surface area contributed by atoms with E-state index in [0.717, 1.165) is 5.56 Å². The Kier molecular flexibility index (Phi) is 3.45. The van der Waals surface area contributed by atoms with E-state index in [2.05, 4.69) is 11.8 Å². The normalized spacial score (nSPS) is 12.0. The Bertz CT molecular complexity index is 1080. The van der Waals surface area contributed by atoms with Gasteiger partial charge < -0.3 is 5.11 Å². The molecule has 4 rings (SSSR count). The highest BCUT2D eigenvalue weighted by Gasteiger charge is 2.33. The third-order valence-corrected chi connectivity index (χ3v) is 4.17. The van der Waals surface area contributed by atoms with Gasteiger partial charge >= 0.3 is 0 Å². The summed E-state index contributed by atoms with van der Waals surface area (Å²) in [6.07, 6.45) is 0. The summed E-state index contributed by atoms with van der Waals surface area (Å²) in [6, 6.07) is 19.0. The summed E-state index contributed by atoms with van der Waals surface area (Å²) in [7, 11) is 0. The Hall–Kier alpha value is -3.64. The molecular formula is C22H12O3. The number of phenols is 1. The topological polar surface area (TPSA) is 54.4 Å². The minimum absolute atomic E-state index is 0.0311. The first-order valence-electron chi connectivity index (χ1n) is 7.78. The molecule has 25 heavy (non-hydrogen) atoms. The van der Waals surface area contributed by atoms with E-state index in [9.17, 15) is 14.7 Å². The van der Waals surface area contributed by atoms with Crippen LogP contribution in [0.15, 0.2) is 66.7 Å². The van der Waals surface area contributed by atoms with Crippen LogP contribution in [0.5, 0.6) is 5.75 Å². The van der Waals surface area contributed by atoms with E-state index in [-0.39, 0.29) is 28.4 Å². The van der Waals surface area contributed by atoms with Crippen LogP contribution in [-0.2, 0) is 0 Å². The highest BCUT2D eigenvalue weighted by molar-refractivity contribution is 6.30. The molecule has 0 atom stereocenters. The van der Waals surface area contributed by atoms with Gasteiger partial charge in [-0.1, -0.05) is 54.3 Å². The number of carbonyl (C=O) groups is 2. The summed E-state index contributed by atoms with van der Waals surface area (Å²) < 4.78 is 0. The first kappa shape index (κ1) is 14.9. The van der Waals surface area contributed by atoms with Crippen molar-refractivity contribution in [1.29, 1.82) is 0 Å². The van der Waals surface area contributed by atoms with Crippen LogP contribution in [0, 0.1) is 11.8 Å². The summed E-state index contributed by atoms with van der Waals surface area (Å²) in [6.45, 7) is 0. The second kappa shape index (κ2) is 5.77. The fourth-order valence-corrected chi connectivity index (χ4v) is 2.97. The first-order chi connectivity index (χ1) is 12.2. The fourth-order valence-electron chi connectivity index (χ4n) is 2.97. The fraction of sp³-hybridized carbons (Fsp3) is 0. The van der Waals surface area contributed by atoms with Crippen molar-refractivity contribution in [2.75, 3.05) is 0 Å². The molecule has 0 fully saturated rings. The summed E-state index contributed by atoms with van der Waals surface area (Å²) in [4.78, 5) is 25.6. The number of benzene rings is 3. The molecule has 0 radical (unpaired) electrons. The molecule has 3 aromatic carbocycles. The van der Waals surface area contributed by atoms with E-state index in [1.807, 2.05) is 30.3 Å². The van der Waals surface area contributed by atoms with Gasteiger partial charge in [0, 0.05) is 22.3 Å². The number of fused-ring (bicyclic) bond motifs is 2. The predicted octanol–water partition coefficient (Wildman–Crippen LogP) is 3.57. The van der Waals surface area contributed by atoms with Crippen molar-refractivity contribution >= 4 is 11.6 Å². The highest BCUT2D eigenvalue weighted by Crippen LogP contribution is 2.34. The van der Waals surface area contributed by atoms with Crippen LogP contribution in [-0.4, -0.2) is 16.7 Å². The van der Waals surface area contributed by atoms with E-state index >= 15 is 0 Å². The molecule has 1 aliphatic carbocycles. The lowest BCUT2D eigenvalue weighted by Crippen LogP contribution is -2.22. The van der Waals surface area contributed by atoms with Crippen LogP contribution in [0.3, 0.4) is 0 Å². The maximum atomic E-state index is 12.9. The maximum Gasteiger partial charge on any atom is 0.198 e. The Morgan fingerprint density at radius 2 is 1.24 bits per heavy atom. The SMILES string of the molecule is O=C1c2ccccc2C(=O)c2c(C#Cc3ccccc3)ccc(O)c21. The van der Waals surface area contributed by atoms with Gasteiger partial charge in [-0.25, -0.2) is 0 Å². The van der Waals surface area contributed by atoms with Crippen molar-refractivity contribution in [3.8, 4) is 17.6 Å². The van der Waals surface area contributed by atoms with Crippen molar-refractivity contribution in [2.45, 2.75) is 0 Å². The lowest BCUT2D eigenvalue weighted by atomic mass is 9.81. The summed E-state index contributed by atoms with van der Waals surface area (Å²) in [5.41, 5.74) is 2.09. The van der Waals surface area contributed by atoms with E-state index in [4.69, 9.17) is 0 Å². The van der Waals surface area contributed by atoms with Gasteiger partial charge in [0.15, 0.2) is 11.6 Å². The van der Waals surface area contributed by atoms with Gasteiger partial charge in [0.05, 0.1) is 11.1 Å². The Balaban J connectivity index is 1.92. The van der Waals surface area contributed by atoms with Gasteiger partial charge in [-0.15, -0.1) is 0 Å². The van der Waals surface area contributed by atoms with Gasteiger partial charge in [-0.05, 0) is 24.3 Å². The molecule has 3 aromatic rings. The maximum absolute atomic E-state index is 12.9. The third kappa shape index (κ3) is 2.41. The molecule has 118 valence electrons. The van der Waals surface area contributed by atoms with Crippen LogP contribution in [0.2, 0.25) is 0 Å². The smallest absolute Gasteiger partial charge is 0.198 e. The van der Waals surface area contributed by atoms with Crippen molar-refractivity contribution < 1.29 is 14.7 Å². The molecule has 0 aliphatic heterocycles. The number of aromatic hydroxyl groups is 1. The molecule has 3 heteroatoms. The lowest BCUT2D eigenvalue weighted by molar-refractivity contribution is 0.0976. The van der Waals surface area contributed by atoms with Gasteiger partial charge in [0.2, 0.25) is 0 Å². The standard InChI is InChI=1S/C22H12O3/c23-18-13-12-15(11-10-14-6-2-1-3-7-14)19-20(18)22(25)17-9-5-4-8-16(17)21(19)24/h1-9,12-13,23H. The van der Waals surface area contributed by atoms with E-state index < -0.39 is 0 Å².